The zero-order valence-corrected chi connectivity index (χ0v) is 11.4. The average Bonchev–Trinajstić information content (AvgIpc) is 2.48. The van der Waals surface area contributed by atoms with Gasteiger partial charge >= 0.3 is 0 Å². The maximum absolute atomic E-state index is 12.8. The predicted molar refractivity (Wildman–Crippen MR) is 77.5 cm³/mol. The monoisotopic (exact) mass is 287 g/mol. The molecule has 2 aromatic rings. The molecule has 0 aliphatic rings. The van der Waals surface area contributed by atoms with Crippen LogP contribution in [0.4, 0.5) is 16.0 Å². The van der Waals surface area contributed by atoms with Crippen molar-refractivity contribution >= 4 is 23.5 Å². The SMILES string of the molecule is CCC(=O)Nc1cccc(NC(=O)c2ccc(F)cc2)n1. The van der Waals surface area contributed by atoms with Gasteiger partial charge in [-0.05, 0) is 36.4 Å². The van der Waals surface area contributed by atoms with Gasteiger partial charge in [-0.25, -0.2) is 9.37 Å². The second kappa shape index (κ2) is 6.60. The molecule has 0 saturated heterocycles. The van der Waals surface area contributed by atoms with Gasteiger partial charge in [0.1, 0.15) is 17.5 Å². The summed E-state index contributed by atoms with van der Waals surface area (Å²) in [5.74, 6) is -0.308. The number of nitrogens with one attached hydrogen (secondary N) is 2. The molecular weight excluding hydrogens is 273 g/mol. The van der Waals surface area contributed by atoms with Crippen molar-refractivity contribution < 1.29 is 14.0 Å². The van der Waals surface area contributed by atoms with Gasteiger partial charge in [-0.15, -0.1) is 0 Å². The highest BCUT2D eigenvalue weighted by Gasteiger charge is 2.08. The molecule has 2 rings (SSSR count). The highest BCUT2D eigenvalue weighted by atomic mass is 19.1. The van der Waals surface area contributed by atoms with Crippen LogP contribution in [-0.4, -0.2) is 16.8 Å². The van der Waals surface area contributed by atoms with Crippen molar-refractivity contribution in [3.05, 3.63) is 53.8 Å². The van der Waals surface area contributed by atoms with Crippen LogP contribution in [0.25, 0.3) is 0 Å². The minimum atomic E-state index is -0.408. The number of carbonyl (C=O) groups excluding carboxylic acids is 2. The van der Waals surface area contributed by atoms with E-state index in [1.807, 2.05) is 0 Å². The van der Waals surface area contributed by atoms with Gasteiger partial charge in [-0.2, -0.15) is 0 Å². The second-order valence-corrected chi connectivity index (χ2v) is 4.27. The fraction of sp³-hybridized carbons (Fsp3) is 0.133. The van der Waals surface area contributed by atoms with Crippen LogP contribution in [0.3, 0.4) is 0 Å². The van der Waals surface area contributed by atoms with Crippen molar-refractivity contribution in [3.8, 4) is 0 Å². The highest BCUT2D eigenvalue weighted by molar-refractivity contribution is 6.03. The van der Waals surface area contributed by atoms with Gasteiger partial charge < -0.3 is 10.6 Å². The lowest BCUT2D eigenvalue weighted by Crippen LogP contribution is -2.15. The zero-order chi connectivity index (χ0) is 15.2. The first-order valence-electron chi connectivity index (χ1n) is 6.42. The molecule has 2 N–H and O–H groups in total. The van der Waals surface area contributed by atoms with E-state index in [1.54, 1.807) is 25.1 Å². The summed E-state index contributed by atoms with van der Waals surface area (Å²) >= 11 is 0. The quantitative estimate of drug-likeness (QED) is 0.908. The second-order valence-electron chi connectivity index (χ2n) is 4.27. The molecule has 1 aromatic heterocycles. The summed E-state index contributed by atoms with van der Waals surface area (Å²) in [6.45, 7) is 1.73. The number of benzene rings is 1. The van der Waals surface area contributed by atoms with E-state index in [2.05, 4.69) is 15.6 Å². The molecule has 0 fully saturated rings. The van der Waals surface area contributed by atoms with Crippen LogP contribution in [0.15, 0.2) is 42.5 Å². The number of carbonyl (C=O) groups is 2. The van der Waals surface area contributed by atoms with E-state index >= 15 is 0 Å². The van der Waals surface area contributed by atoms with Gasteiger partial charge in [-0.1, -0.05) is 13.0 Å². The van der Waals surface area contributed by atoms with Crippen LogP contribution in [-0.2, 0) is 4.79 Å². The summed E-state index contributed by atoms with van der Waals surface area (Å²) in [5.41, 5.74) is 0.321. The Balaban J connectivity index is 2.08. The van der Waals surface area contributed by atoms with Crippen molar-refractivity contribution in [2.24, 2.45) is 0 Å². The molecule has 21 heavy (non-hydrogen) atoms. The molecule has 0 aliphatic carbocycles. The summed E-state index contributed by atoms with van der Waals surface area (Å²) in [6, 6.07) is 10.1. The number of amides is 2. The van der Waals surface area contributed by atoms with E-state index in [1.165, 1.54) is 24.3 Å². The Morgan fingerprint density at radius 3 is 2.29 bits per heavy atom. The molecule has 1 aromatic carbocycles. The van der Waals surface area contributed by atoms with Gasteiger partial charge in [0, 0.05) is 12.0 Å². The van der Waals surface area contributed by atoms with E-state index < -0.39 is 11.7 Å². The van der Waals surface area contributed by atoms with Crippen LogP contribution in [0, 0.1) is 5.82 Å². The maximum Gasteiger partial charge on any atom is 0.256 e. The van der Waals surface area contributed by atoms with E-state index in [9.17, 15) is 14.0 Å². The summed E-state index contributed by atoms with van der Waals surface area (Å²) in [4.78, 5) is 27.4. The van der Waals surface area contributed by atoms with Gasteiger partial charge in [-0.3, -0.25) is 9.59 Å². The highest BCUT2D eigenvalue weighted by Crippen LogP contribution is 2.11. The van der Waals surface area contributed by atoms with Crippen molar-refractivity contribution in [3.63, 3.8) is 0 Å². The molecule has 0 spiro atoms. The third-order valence-electron chi connectivity index (χ3n) is 2.69. The zero-order valence-electron chi connectivity index (χ0n) is 11.4. The summed E-state index contributed by atoms with van der Waals surface area (Å²) in [6.07, 6.45) is 0.341. The van der Waals surface area contributed by atoms with Crippen molar-refractivity contribution in [2.75, 3.05) is 10.6 Å². The Morgan fingerprint density at radius 2 is 1.67 bits per heavy atom. The van der Waals surface area contributed by atoms with E-state index in [4.69, 9.17) is 0 Å². The smallest absolute Gasteiger partial charge is 0.256 e. The molecule has 108 valence electrons. The largest absolute Gasteiger partial charge is 0.311 e. The fourth-order valence-electron chi connectivity index (χ4n) is 1.59. The third-order valence-corrected chi connectivity index (χ3v) is 2.69. The van der Waals surface area contributed by atoms with E-state index in [-0.39, 0.29) is 5.91 Å². The Labute approximate surface area is 121 Å². The van der Waals surface area contributed by atoms with Crippen LogP contribution in [0.2, 0.25) is 0 Å². The molecule has 5 nitrogen and oxygen atoms in total. The number of hydrogen-bond acceptors (Lipinski definition) is 3. The van der Waals surface area contributed by atoms with Crippen molar-refractivity contribution in [2.45, 2.75) is 13.3 Å². The number of rotatable bonds is 4. The Morgan fingerprint density at radius 1 is 1.05 bits per heavy atom. The Kier molecular flexibility index (Phi) is 4.61. The number of aromatic nitrogens is 1. The fourth-order valence-corrected chi connectivity index (χ4v) is 1.59. The summed E-state index contributed by atoms with van der Waals surface area (Å²) in [5, 5.41) is 5.19. The van der Waals surface area contributed by atoms with Gasteiger partial charge in [0.25, 0.3) is 5.91 Å². The number of pyridine rings is 1. The number of nitrogens with zero attached hydrogens (tertiary/aromatic N) is 1. The topological polar surface area (TPSA) is 71.1 Å². The molecule has 0 aliphatic heterocycles. The molecule has 0 saturated carbocycles. The molecule has 1 heterocycles. The standard InChI is InChI=1S/C15H14FN3O2/c1-2-14(20)18-12-4-3-5-13(17-12)19-15(21)10-6-8-11(16)9-7-10/h3-9H,2H2,1H3,(H2,17,18,19,20,21). The molecule has 6 heteroatoms. The van der Waals surface area contributed by atoms with Crippen molar-refractivity contribution in [1.82, 2.24) is 4.98 Å². The minimum Gasteiger partial charge on any atom is -0.311 e. The normalized spacial score (nSPS) is 10.0. The maximum atomic E-state index is 12.8. The predicted octanol–water partition coefficient (Wildman–Crippen LogP) is 2.82. The molecule has 0 bridgehead atoms. The van der Waals surface area contributed by atoms with E-state index in [0.717, 1.165) is 0 Å². The van der Waals surface area contributed by atoms with E-state index in [0.29, 0.717) is 23.6 Å². The third kappa shape index (κ3) is 4.10. The number of anilines is 2. The van der Waals surface area contributed by atoms with Crippen LogP contribution >= 0.6 is 0 Å². The lowest BCUT2D eigenvalue weighted by Gasteiger charge is -2.07. The van der Waals surface area contributed by atoms with Crippen LogP contribution < -0.4 is 10.6 Å². The Bertz CT molecular complexity index is 656. The lowest BCUT2D eigenvalue weighted by atomic mass is 10.2. The molecule has 0 radical (unpaired) electrons. The first kappa shape index (κ1) is 14.6. The molecule has 2 amide bonds. The van der Waals surface area contributed by atoms with Crippen molar-refractivity contribution in [1.29, 1.82) is 0 Å². The molecule has 0 unspecified atom stereocenters. The lowest BCUT2D eigenvalue weighted by molar-refractivity contribution is -0.115. The summed E-state index contributed by atoms with van der Waals surface area (Å²) in [7, 11) is 0. The Hall–Kier alpha value is -2.76. The first-order chi connectivity index (χ1) is 10.1. The molecular formula is C15H14FN3O2. The van der Waals surface area contributed by atoms with Gasteiger partial charge in [0.05, 0.1) is 0 Å². The first-order valence-corrected chi connectivity index (χ1v) is 6.42. The van der Waals surface area contributed by atoms with Crippen LogP contribution in [0.1, 0.15) is 23.7 Å². The summed E-state index contributed by atoms with van der Waals surface area (Å²) < 4.78 is 12.8. The van der Waals surface area contributed by atoms with Gasteiger partial charge in [0.15, 0.2) is 0 Å². The molecule has 0 atom stereocenters. The van der Waals surface area contributed by atoms with Gasteiger partial charge in [0.2, 0.25) is 5.91 Å². The minimum absolute atomic E-state index is 0.162. The number of hydrogen-bond donors (Lipinski definition) is 2. The number of halogens is 1. The van der Waals surface area contributed by atoms with Crippen LogP contribution in [0.5, 0.6) is 0 Å². The average molecular weight is 287 g/mol.